The largest absolute Gasteiger partial charge is 0.454 e. The number of hydrogen-bond donors (Lipinski definition) is 1. The minimum atomic E-state index is -0.465. The minimum Gasteiger partial charge on any atom is -0.454 e. The van der Waals surface area contributed by atoms with E-state index in [1.165, 1.54) is 0 Å². The SMILES string of the molecule is O=C1OCC(=O)N2Cc3[nH]c4ccccc4c3CC12. The van der Waals surface area contributed by atoms with Crippen LogP contribution in [0.25, 0.3) is 10.9 Å². The van der Waals surface area contributed by atoms with E-state index in [9.17, 15) is 9.59 Å². The molecule has 2 aromatic rings. The predicted octanol–water partition coefficient (Wildman–Crippen LogP) is 0.978. The Morgan fingerprint density at radius 2 is 2.11 bits per heavy atom. The summed E-state index contributed by atoms with van der Waals surface area (Å²) in [7, 11) is 0. The van der Waals surface area contributed by atoms with Gasteiger partial charge in [0.1, 0.15) is 6.04 Å². The monoisotopic (exact) mass is 256 g/mol. The predicted molar refractivity (Wildman–Crippen MR) is 67.3 cm³/mol. The lowest BCUT2D eigenvalue weighted by molar-refractivity contribution is -0.170. The standard InChI is InChI=1S/C14H12N2O3/c17-13-7-19-14(18)12-5-9-8-3-1-2-4-10(8)15-11(9)6-16(12)13/h1-4,12,15H,5-7H2. The molecule has 1 aromatic heterocycles. The van der Waals surface area contributed by atoms with Crippen molar-refractivity contribution >= 4 is 22.8 Å². The van der Waals surface area contributed by atoms with Crippen molar-refractivity contribution in [1.29, 1.82) is 0 Å². The Labute approximate surface area is 109 Å². The van der Waals surface area contributed by atoms with E-state index in [1.807, 2.05) is 24.3 Å². The molecule has 0 spiro atoms. The molecule has 2 aliphatic rings. The molecule has 5 nitrogen and oxygen atoms in total. The van der Waals surface area contributed by atoms with E-state index in [0.717, 1.165) is 22.2 Å². The number of H-pyrrole nitrogens is 1. The maximum absolute atomic E-state index is 11.8. The molecule has 1 amide bonds. The number of morpholine rings is 1. The highest BCUT2D eigenvalue weighted by atomic mass is 16.5. The summed E-state index contributed by atoms with van der Waals surface area (Å²) in [5.41, 5.74) is 3.21. The molecule has 4 rings (SSSR count). The first-order valence-corrected chi connectivity index (χ1v) is 6.28. The third-order valence-corrected chi connectivity index (χ3v) is 3.93. The highest BCUT2D eigenvalue weighted by Gasteiger charge is 2.40. The zero-order valence-electron chi connectivity index (χ0n) is 10.2. The Morgan fingerprint density at radius 1 is 1.26 bits per heavy atom. The number of amides is 1. The molecular formula is C14H12N2O3. The molecule has 0 aliphatic carbocycles. The fourth-order valence-electron chi connectivity index (χ4n) is 2.99. The van der Waals surface area contributed by atoms with Gasteiger partial charge in [0.15, 0.2) is 6.61 Å². The maximum Gasteiger partial charge on any atom is 0.329 e. The fourth-order valence-corrected chi connectivity index (χ4v) is 2.99. The van der Waals surface area contributed by atoms with Crippen molar-refractivity contribution < 1.29 is 14.3 Å². The van der Waals surface area contributed by atoms with E-state index >= 15 is 0 Å². The number of aromatic amines is 1. The number of carbonyl (C=O) groups is 2. The lowest BCUT2D eigenvalue weighted by atomic mass is 9.96. The van der Waals surface area contributed by atoms with E-state index in [2.05, 4.69) is 4.98 Å². The molecule has 1 atom stereocenters. The normalized spacial score (nSPS) is 22.1. The van der Waals surface area contributed by atoms with Crippen LogP contribution in [0.15, 0.2) is 24.3 Å². The maximum atomic E-state index is 11.8. The van der Waals surface area contributed by atoms with Crippen molar-refractivity contribution in [2.24, 2.45) is 0 Å². The van der Waals surface area contributed by atoms with Crippen LogP contribution in [0, 0.1) is 0 Å². The van der Waals surface area contributed by atoms with Crippen LogP contribution in [-0.2, 0) is 27.3 Å². The number of benzene rings is 1. The van der Waals surface area contributed by atoms with Gasteiger partial charge < -0.3 is 14.6 Å². The molecule has 96 valence electrons. The molecule has 0 radical (unpaired) electrons. The van der Waals surface area contributed by atoms with Crippen molar-refractivity contribution in [3.05, 3.63) is 35.5 Å². The average Bonchev–Trinajstić information content (AvgIpc) is 2.79. The number of nitrogens with one attached hydrogen (secondary N) is 1. The van der Waals surface area contributed by atoms with Gasteiger partial charge in [0.05, 0.1) is 6.54 Å². The summed E-state index contributed by atoms with van der Waals surface area (Å²) < 4.78 is 4.92. The second-order valence-corrected chi connectivity index (χ2v) is 4.98. The van der Waals surface area contributed by atoms with Crippen molar-refractivity contribution in [2.75, 3.05) is 6.61 Å². The lowest BCUT2D eigenvalue weighted by Gasteiger charge is -2.37. The number of carbonyl (C=O) groups excluding carboxylic acids is 2. The summed E-state index contributed by atoms with van der Waals surface area (Å²) in [6.07, 6.45) is 0.532. The first-order valence-electron chi connectivity index (χ1n) is 6.28. The molecule has 2 aliphatic heterocycles. The van der Waals surface area contributed by atoms with Gasteiger partial charge in [0.25, 0.3) is 5.91 Å². The van der Waals surface area contributed by atoms with Crippen molar-refractivity contribution in [2.45, 2.75) is 19.0 Å². The molecule has 0 saturated carbocycles. The van der Waals surface area contributed by atoms with Crippen LogP contribution in [0.5, 0.6) is 0 Å². The molecule has 1 fully saturated rings. The number of para-hydroxylation sites is 1. The number of rotatable bonds is 0. The van der Waals surface area contributed by atoms with Crippen molar-refractivity contribution in [3.63, 3.8) is 0 Å². The number of ether oxygens (including phenoxy) is 1. The smallest absolute Gasteiger partial charge is 0.329 e. The lowest BCUT2D eigenvalue weighted by Crippen LogP contribution is -2.54. The fraction of sp³-hybridized carbons (Fsp3) is 0.286. The van der Waals surface area contributed by atoms with Crippen molar-refractivity contribution in [1.82, 2.24) is 9.88 Å². The molecule has 3 heterocycles. The summed E-state index contributed by atoms with van der Waals surface area (Å²) in [5.74, 6) is -0.413. The highest BCUT2D eigenvalue weighted by Crippen LogP contribution is 2.31. The zero-order chi connectivity index (χ0) is 13.0. The molecular weight excluding hydrogens is 244 g/mol. The summed E-state index contributed by atoms with van der Waals surface area (Å²) in [5, 5.41) is 1.13. The zero-order valence-corrected chi connectivity index (χ0v) is 10.2. The number of aromatic nitrogens is 1. The van der Waals surface area contributed by atoms with Gasteiger partial charge in [-0.3, -0.25) is 4.79 Å². The van der Waals surface area contributed by atoms with Gasteiger partial charge in [0, 0.05) is 23.0 Å². The summed E-state index contributed by atoms with van der Waals surface area (Å²) >= 11 is 0. The van der Waals surface area contributed by atoms with Crippen LogP contribution in [0.1, 0.15) is 11.3 Å². The van der Waals surface area contributed by atoms with E-state index in [0.29, 0.717) is 13.0 Å². The van der Waals surface area contributed by atoms with Crippen LogP contribution in [0.4, 0.5) is 0 Å². The topological polar surface area (TPSA) is 62.4 Å². The minimum absolute atomic E-state index is 0.117. The quantitative estimate of drug-likeness (QED) is 0.715. The van der Waals surface area contributed by atoms with Gasteiger partial charge in [-0.25, -0.2) is 4.79 Å². The number of cyclic esters (lactones) is 1. The van der Waals surface area contributed by atoms with Gasteiger partial charge in [0.2, 0.25) is 0 Å². The Kier molecular flexibility index (Phi) is 2.01. The van der Waals surface area contributed by atoms with Crippen LogP contribution in [0.2, 0.25) is 0 Å². The number of fused-ring (bicyclic) bond motifs is 4. The van der Waals surface area contributed by atoms with Gasteiger partial charge in [-0.2, -0.15) is 0 Å². The Morgan fingerprint density at radius 3 is 3.00 bits per heavy atom. The van der Waals surface area contributed by atoms with Gasteiger partial charge in [-0.15, -0.1) is 0 Å². The van der Waals surface area contributed by atoms with Crippen LogP contribution >= 0.6 is 0 Å². The second-order valence-electron chi connectivity index (χ2n) is 4.98. The third kappa shape index (κ3) is 1.41. The Hall–Kier alpha value is -2.30. The van der Waals surface area contributed by atoms with Gasteiger partial charge in [-0.1, -0.05) is 18.2 Å². The molecule has 5 heteroatoms. The van der Waals surface area contributed by atoms with Crippen LogP contribution in [-0.4, -0.2) is 34.4 Å². The third-order valence-electron chi connectivity index (χ3n) is 3.93. The molecule has 1 unspecified atom stereocenters. The summed E-state index contributed by atoms with van der Waals surface area (Å²) in [6, 6.07) is 7.53. The number of esters is 1. The Balaban J connectivity index is 1.86. The molecule has 1 aromatic carbocycles. The van der Waals surface area contributed by atoms with E-state index in [1.54, 1.807) is 4.90 Å². The van der Waals surface area contributed by atoms with E-state index < -0.39 is 6.04 Å². The first kappa shape index (κ1) is 10.6. The van der Waals surface area contributed by atoms with E-state index in [-0.39, 0.29) is 18.5 Å². The van der Waals surface area contributed by atoms with Gasteiger partial charge in [-0.05, 0) is 11.6 Å². The molecule has 0 bridgehead atoms. The summed E-state index contributed by atoms with van der Waals surface area (Å²) in [6.45, 7) is 0.327. The van der Waals surface area contributed by atoms with E-state index in [4.69, 9.17) is 4.74 Å². The molecule has 1 N–H and O–H groups in total. The van der Waals surface area contributed by atoms with Crippen molar-refractivity contribution in [3.8, 4) is 0 Å². The molecule has 19 heavy (non-hydrogen) atoms. The number of hydrogen-bond acceptors (Lipinski definition) is 3. The Bertz CT molecular complexity index is 704. The van der Waals surface area contributed by atoms with Crippen LogP contribution < -0.4 is 0 Å². The van der Waals surface area contributed by atoms with Crippen LogP contribution in [0.3, 0.4) is 0 Å². The second kappa shape index (κ2) is 3.60. The van der Waals surface area contributed by atoms with Gasteiger partial charge >= 0.3 is 5.97 Å². The number of nitrogens with zero attached hydrogens (tertiary/aromatic N) is 1. The summed E-state index contributed by atoms with van der Waals surface area (Å²) in [4.78, 5) is 28.6. The average molecular weight is 256 g/mol. The highest BCUT2D eigenvalue weighted by molar-refractivity contribution is 5.93. The first-order chi connectivity index (χ1) is 9.24. The molecule has 1 saturated heterocycles.